The number of nitriles is 1. The highest BCUT2D eigenvalue weighted by Gasteiger charge is 2.13. The highest BCUT2D eigenvalue weighted by atomic mass is 79.9. The van der Waals surface area contributed by atoms with Crippen LogP contribution in [0.2, 0.25) is 0 Å². The van der Waals surface area contributed by atoms with Gasteiger partial charge in [-0.05, 0) is 53.2 Å². The molecule has 0 spiro atoms. The molecule has 0 saturated carbocycles. The molecule has 0 aliphatic rings. The lowest BCUT2D eigenvalue weighted by atomic mass is 10.1. The number of carbonyl (C=O) groups is 1. The fourth-order valence-electron chi connectivity index (χ4n) is 1.75. The minimum Gasteiger partial charge on any atom is -0.508 e. The first-order chi connectivity index (χ1) is 9.52. The fraction of sp³-hybridized carbons (Fsp3) is 0.0667. The summed E-state index contributed by atoms with van der Waals surface area (Å²) >= 11 is 3.31. The zero-order valence-corrected chi connectivity index (χ0v) is 12.2. The third-order valence-corrected chi connectivity index (χ3v) is 3.55. The summed E-state index contributed by atoms with van der Waals surface area (Å²) in [6, 6.07) is 11.7. The molecule has 100 valence electrons. The second-order valence-electron chi connectivity index (χ2n) is 4.21. The Morgan fingerprint density at radius 2 is 2.10 bits per heavy atom. The largest absolute Gasteiger partial charge is 0.508 e. The van der Waals surface area contributed by atoms with Crippen molar-refractivity contribution in [2.45, 2.75) is 6.92 Å². The van der Waals surface area contributed by atoms with E-state index in [1.54, 1.807) is 37.3 Å². The number of amides is 1. The Hall–Kier alpha value is -2.32. The number of hydrogen-bond donors (Lipinski definition) is 2. The lowest BCUT2D eigenvalue weighted by molar-refractivity contribution is 0.102. The van der Waals surface area contributed by atoms with Gasteiger partial charge in [0.25, 0.3) is 5.91 Å². The summed E-state index contributed by atoms with van der Waals surface area (Å²) in [5.41, 5.74) is 2.00. The van der Waals surface area contributed by atoms with Gasteiger partial charge in [-0.1, -0.05) is 6.07 Å². The van der Waals surface area contributed by atoms with Crippen LogP contribution in [0.5, 0.6) is 5.75 Å². The van der Waals surface area contributed by atoms with Crippen LogP contribution in [0.3, 0.4) is 0 Å². The smallest absolute Gasteiger partial charge is 0.256 e. The molecular formula is C15H11BrN2O2. The van der Waals surface area contributed by atoms with Crippen LogP contribution >= 0.6 is 15.9 Å². The summed E-state index contributed by atoms with van der Waals surface area (Å²) in [6.07, 6.45) is 0. The number of benzene rings is 2. The van der Waals surface area contributed by atoms with Crippen molar-refractivity contribution in [3.63, 3.8) is 0 Å². The van der Waals surface area contributed by atoms with Gasteiger partial charge in [0.15, 0.2) is 0 Å². The number of phenols is 1. The van der Waals surface area contributed by atoms with Crippen LogP contribution in [0.15, 0.2) is 40.9 Å². The van der Waals surface area contributed by atoms with Crippen LogP contribution in [-0.2, 0) is 0 Å². The number of rotatable bonds is 2. The molecule has 0 aromatic heterocycles. The molecule has 0 saturated heterocycles. The third kappa shape index (κ3) is 2.81. The molecular weight excluding hydrogens is 320 g/mol. The number of halogens is 1. The Morgan fingerprint density at radius 1 is 1.35 bits per heavy atom. The molecule has 0 radical (unpaired) electrons. The Bertz CT molecular complexity index is 720. The number of nitrogens with zero attached hydrogens (tertiary/aromatic N) is 1. The molecule has 0 aliphatic heterocycles. The van der Waals surface area contributed by atoms with E-state index in [-0.39, 0.29) is 11.7 Å². The minimum absolute atomic E-state index is 0.0801. The first kappa shape index (κ1) is 14.1. The summed E-state index contributed by atoms with van der Waals surface area (Å²) in [4.78, 5) is 12.2. The Kier molecular flexibility index (Phi) is 4.06. The molecule has 20 heavy (non-hydrogen) atoms. The van der Waals surface area contributed by atoms with Gasteiger partial charge in [0.1, 0.15) is 5.75 Å². The van der Waals surface area contributed by atoms with E-state index in [9.17, 15) is 9.90 Å². The number of phenolic OH excluding ortho intramolecular Hbond substituents is 1. The van der Waals surface area contributed by atoms with Crippen LogP contribution in [0.4, 0.5) is 5.69 Å². The van der Waals surface area contributed by atoms with Gasteiger partial charge in [-0.15, -0.1) is 0 Å². The maximum atomic E-state index is 12.2. The van der Waals surface area contributed by atoms with Crippen LogP contribution < -0.4 is 5.32 Å². The highest BCUT2D eigenvalue weighted by Crippen LogP contribution is 2.25. The van der Waals surface area contributed by atoms with Gasteiger partial charge >= 0.3 is 0 Å². The van der Waals surface area contributed by atoms with Crippen molar-refractivity contribution in [3.05, 3.63) is 57.6 Å². The van der Waals surface area contributed by atoms with Crippen molar-refractivity contribution in [1.82, 2.24) is 0 Å². The minimum atomic E-state index is -0.316. The highest BCUT2D eigenvalue weighted by molar-refractivity contribution is 9.10. The first-order valence-electron chi connectivity index (χ1n) is 5.82. The number of hydrogen-bond acceptors (Lipinski definition) is 3. The third-order valence-electron chi connectivity index (χ3n) is 2.90. The molecule has 2 aromatic carbocycles. The second-order valence-corrected chi connectivity index (χ2v) is 5.06. The first-order valence-corrected chi connectivity index (χ1v) is 6.62. The van der Waals surface area contributed by atoms with Gasteiger partial charge in [-0.2, -0.15) is 5.26 Å². The second kappa shape index (κ2) is 5.76. The van der Waals surface area contributed by atoms with Gasteiger partial charge < -0.3 is 10.4 Å². The lowest BCUT2D eigenvalue weighted by Gasteiger charge is -2.10. The summed E-state index contributed by atoms with van der Waals surface area (Å²) in [6.45, 7) is 1.68. The van der Waals surface area contributed by atoms with Gasteiger partial charge in [0, 0.05) is 15.6 Å². The van der Waals surface area contributed by atoms with E-state index in [1.165, 1.54) is 6.07 Å². The standard InChI is InChI=1S/C15H11BrN2O2/c1-9-11(3-2-4-14(9)19)15(20)18-13-6-5-10(8-17)7-12(13)16/h2-7,19H,1H3,(H,18,20). The number of nitrogens with one attached hydrogen (secondary N) is 1. The zero-order valence-electron chi connectivity index (χ0n) is 10.6. The normalized spacial score (nSPS) is 9.85. The average molecular weight is 331 g/mol. The van der Waals surface area contributed by atoms with Crippen molar-refractivity contribution in [2.75, 3.05) is 5.32 Å². The number of carbonyl (C=O) groups excluding carboxylic acids is 1. The monoisotopic (exact) mass is 330 g/mol. The maximum Gasteiger partial charge on any atom is 0.256 e. The van der Waals surface area contributed by atoms with Crippen LogP contribution in [0, 0.1) is 18.3 Å². The zero-order chi connectivity index (χ0) is 14.7. The molecule has 0 bridgehead atoms. The van der Waals surface area contributed by atoms with Gasteiger partial charge in [-0.25, -0.2) is 0 Å². The summed E-state index contributed by atoms with van der Waals surface area (Å²) < 4.78 is 0.628. The Balaban J connectivity index is 2.29. The van der Waals surface area contributed by atoms with E-state index in [4.69, 9.17) is 5.26 Å². The van der Waals surface area contributed by atoms with Gasteiger partial charge in [0.2, 0.25) is 0 Å². The molecule has 2 aromatic rings. The maximum absolute atomic E-state index is 12.2. The van der Waals surface area contributed by atoms with Crippen molar-refractivity contribution in [2.24, 2.45) is 0 Å². The van der Waals surface area contributed by atoms with Crippen molar-refractivity contribution in [1.29, 1.82) is 5.26 Å². The van der Waals surface area contributed by atoms with E-state index in [0.29, 0.717) is 26.9 Å². The van der Waals surface area contributed by atoms with Crippen LogP contribution in [-0.4, -0.2) is 11.0 Å². The predicted octanol–water partition coefficient (Wildman–Crippen LogP) is 3.59. The van der Waals surface area contributed by atoms with Crippen LogP contribution in [0.1, 0.15) is 21.5 Å². The number of aromatic hydroxyl groups is 1. The van der Waals surface area contributed by atoms with Crippen LogP contribution in [0.25, 0.3) is 0 Å². The summed E-state index contributed by atoms with van der Waals surface area (Å²) in [5, 5.41) is 21.1. The molecule has 4 nitrogen and oxygen atoms in total. The van der Waals surface area contributed by atoms with Crippen molar-refractivity contribution in [3.8, 4) is 11.8 Å². The molecule has 0 atom stereocenters. The van der Waals surface area contributed by atoms with Crippen molar-refractivity contribution >= 4 is 27.5 Å². The molecule has 2 N–H and O–H groups in total. The Morgan fingerprint density at radius 3 is 2.75 bits per heavy atom. The molecule has 5 heteroatoms. The summed E-state index contributed by atoms with van der Waals surface area (Å²) in [7, 11) is 0. The van der Waals surface area contributed by atoms with Gasteiger partial charge in [0.05, 0.1) is 17.3 Å². The molecule has 1 amide bonds. The molecule has 2 rings (SSSR count). The molecule has 0 aliphatic carbocycles. The molecule has 0 fully saturated rings. The Labute approximate surface area is 124 Å². The average Bonchev–Trinajstić information content (AvgIpc) is 2.44. The number of anilines is 1. The van der Waals surface area contributed by atoms with E-state index >= 15 is 0 Å². The van der Waals surface area contributed by atoms with E-state index in [2.05, 4.69) is 21.2 Å². The van der Waals surface area contributed by atoms with Gasteiger partial charge in [-0.3, -0.25) is 4.79 Å². The molecule has 0 unspecified atom stereocenters. The molecule has 0 heterocycles. The fourth-order valence-corrected chi connectivity index (χ4v) is 2.22. The SMILES string of the molecule is Cc1c(O)cccc1C(=O)Nc1ccc(C#N)cc1Br. The predicted molar refractivity (Wildman–Crippen MR) is 79.7 cm³/mol. The lowest BCUT2D eigenvalue weighted by Crippen LogP contribution is -2.13. The van der Waals surface area contributed by atoms with E-state index < -0.39 is 0 Å². The summed E-state index contributed by atoms with van der Waals surface area (Å²) in [5.74, 6) is -0.236. The van der Waals surface area contributed by atoms with E-state index in [0.717, 1.165) is 0 Å². The van der Waals surface area contributed by atoms with Crippen molar-refractivity contribution < 1.29 is 9.90 Å². The topological polar surface area (TPSA) is 73.1 Å². The quantitative estimate of drug-likeness (QED) is 0.883. The van der Waals surface area contributed by atoms with E-state index in [1.807, 2.05) is 6.07 Å².